The smallest absolute Gasteiger partial charge is 0.465 e. The fourth-order valence-electron chi connectivity index (χ4n) is 5.68. The zero-order valence-electron chi connectivity index (χ0n) is 45.0. The lowest BCUT2D eigenvalue weighted by Gasteiger charge is -2.20. The Balaban J connectivity index is -0.00000102. The molecule has 12 nitrogen and oxygen atoms in total. The molecule has 0 aliphatic rings. The summed E-state index contributed by atoms with van der Waals surface area (Å²) >= 11 is 0. The lowest BCUT2D eigenvalue weighted by Crippen LogP contribution is -2.31. The van der Waals surface area contributed by atoms with Crippen LogP contribution in [0.15, 0.2) is 24.3 Å². The summed E-state index contributed by atoms with van der Waals surface area (Å²) in [4.78, 5) is 39.3. The van der Waals surface area contributed by atoms with Crippen LogP contribution in [0.2, 0.25) is 0 Å². The van der Waals surface area contributed by atoms with Crippen LogP contribution >= 0.6 is 0 Å². The lowest BCUT2D eigenvalue weighted by molar-refractivity contribution is -0.155. The maximum atomic E-state index is 12.6. The Morgan fingerprint density at radius 3 is 1.50 bits per heavy atom. The molecule has 0 spiro atoms. The third-order valence-corrected chi connectivity index (χ3v) is 9.05. The number of methoxy groups -OCH3 is 1. The number of unbranched alkanes of at least 4 members (excludes halogenated alkanes) is 13. The molecule has 0 heterocycles. The first-order valence-corrected chi connectivity index (χ1v) is 26.6. The van der Waals surface area contributed by atoms with Crippen LogP contribution in [0.1, 0.15) is 223 Å². The predicted molar refractivity (Wildman–Crippen MR) is 276 cm³/mol. The molecule has 0 aliphatic heterocycles. The Morgan fingerprint density at radius 1 is 0.515 bits per heavy atom. The topological polar surface area (TPSA) is 150 Å². The van der Waals surface area contributed by atoms with Gasteiger partial charge >= 0.3 is 18.1 Å². The number of aliphatic hydroxyl groups excluding tert-OH is 2. The molecule has 0 aliphatic carbocycles. The molecule has 396 valence electrons. The van der Waals surface area contributed by atoms with Crippen LogP contribution in [-0.4, -0.2) is 112 Å². The Bertz CT molecular complexity index is 984. The minimum Gasteiger partial charge on any atom is -0.465 e. The third-order valence-electron chi connectivity index (χ3n) is 9.05. The molecule has 0 bridgehead atoms. The van der Waals surface area contributed by atoms with Crippen LogP contribution < -0.4 is 0 Å². The van der Waals surface area contributed by atoms with E-state index in [0.29, 0.717) is 45.5 Å². The molecule has 0 saturated heterocycles. The van der Waals surface area contributed by atoms with Crippen molar-refractivity contribution < 1.29 is 53.0 Å². The number of carbonyl (C=O) groups is 3. The molecular formula is C54H109NO11. The van der Waals surface area contributed by atoms with Gasteiger partial charge in [-0.05, 0) is 51.4 Å². The summed E-state index contributed by atoms with van der Waals surface area (Å²) < 4.78 is 32.6. The van der Waals surface area contributed by atoms with Gasteiger partial charge in [-0.1, -0.05) is 177 Å². The minimum absolute atomic E-state index is 0.0324. The summed E-state index contributed by atoms with van der Waals surface area (Å²) in [6, 6.07) is 0. The van der Waals surface area contributed by atoms with E-state index < -0.39 is 24.3 Å². The van der Waals surface area contributed by atoms with Crippen LogP contribution in [0.5, 0.6) is 0 Å². The first-order valence-electron chi connectivity index (χ1n) is 26.6. The first-order chi connectivity index (χ1) is 32.1. The molecule has 0 rings (SSSR count). The summed E-state index contributed by atoms with van der Waals surface area (Å²) in [5.74, 6) is -1.37. The molecule has 2 atom stereocenters. The maximum Gasteiger partial charge on any atom is 0.508 e. The molecular weight excluding hydrogens is 839 g/mol. The monoisotopic (exact) mass is 948 g/mol. The highest BCUT2D eigenvalue weighted by Crippen LogP contribution is 2.12. The van der Waals surface area contributed by atoms with E-state index in [2.05, 4.69) is 79.7 Å². The van der Waals surface area contributed by atoms with Gasteiger partial charge in [0.15, 0.2) is 6.29 Å². The summed E-state index contributed by atoms with van der Waals surface area (Å²) in [5.41, 5.74) is 0. The fourth-order valence-corrected chi connectivity index (χ4v) is 5.68. The molecule has 0 saturated carbocycles. The van der Waals surface area contributed by atoms with Crippen molar-refractivity contribution in [3.63, 3.8) is 0 Å². The maximum absolute atomic E-state index is 12.6. The van der Waals surface area contributed by atoms with Gasteiger partial charge in [-0.25, -0.2) is 4.79 Å². The average Bonchev–Trinajstić information content (AvgIpc) is 3.31. The zero-order chi connectivity index (χ0) is 50.6. The van der Waals surface area contributed by atoms with Crippen molar-refractivity contribution in [3.05, 3.63) is 24.3 Å². The second-order valence-electron chi connectivity index (χ2n) is 16.2. The van der Waals surface area contributed by atoms with Gasteiger partial charge in [0.2, 0.25) is 0 Å². The number of rotatable bonds is 40. The molecule has 0 aromatic rings. The second kappa shape index (κ2) is 66.8. The number of hydrogen-bond donors (Lipinski definition) is 2. The van der Waals surface area contributed by atoms with E-state index in [1.807, 2.05) is 18.7 Å². The summed E-state index contributed by atoms with van der Waals surface area (Å²) in [5, 5.41) is 18.3. The Hall–Kier alpha value is -2.51. The Morgan fingerprint density at radius 2 is 0.970 bits per heavy atom. The SMILES string of the molecule is CC.CCC.CCC.CCC.CCCCC/C=C\C/C=C\CCCCCCCC(=O)OCC(COC(=O)CCC(OC)OCCCCCCCC)COC(=O)OCCCN(CCO)CCO. The van der Waals surface area contributed by atoms with E-state index in [4.69, 9.17) is 38.6 Å². The number of ether oxygens (including phenoxy) is 6. The van der Waals surface area contributed by atoms with Crippen LogP contribution in [0.4, 0.5) is 4.79 Å². The van der Waals surface area contributed by atoms with Gasteiger partial charge in [-0.3, -0.25) is 14.5 Å². The molecule has 0 radical (unpaired) electrons. The second-order valence-corrected chi connectivity index (χ2v) is 16.2. The Kier molecular flexibility index (Phi) is 73.3. The molecule has 0 fully saturated rings. The standard InChI is InChI=1S/C43H79NO11.3C3H8.C2H6/c1-4-6-8-10-12-13-14-15-16-17-18-19-20-21-23-26-40(47)53-36-39(38-55-43(49)52-35-25-29-44(30-32-45)31-33-46)37-54-41(48)27-28-42(50-3)51-34-24-22-11-9-7-5-2;3*1-3-2;1-2/h12-13,15-16,39,42,45-46H,4-11,14,17-38H2,1-3H3;3*3H2,1-2H3;1-2H3/b13-12-,16-15-;;;;. The van der Waals surface area contributed by atoms with Crippen LogP contribution in [-0.2, 0) is 38.0 Å². The highest BCUT2D eigenvalue weighted by atomic mass is 16.7. The minimum atomic E-state index is -0.880. The zero-order valence-corrected chi connectivity index (χ0v) is 45.0. The van der Waals surface area contributed by atoms with Crippen LogP contribution in [0, 0.1) is 5.92 Å². The van der Waals surface area contributed by atoms with Gasteiger partial charge in [0.05, 0.1) is 32.2 Å². The van der Waals surface area contributed by atoms with E-state index >= 15 is 0 Å². The normalized spacial score (nSPS) is 11.5. The number of nitrogens with zero attached hydrogens (tertiary/aromatic N) is 1. The molecule has 0 amide bonds. The van der Waals surface area contributed by atoms with Crippen molar-refractivity contribution in [2.45, 2.75) is 230 Å². The van der Waals surface area contributed by atoms with E-state index in [0.717, 1.165) is 57.8 Å². The van der Waals surface area contributed by atoms with Gasteiger partial charge in [-0.15, -0.1) is 0 Å². The van der Waals surface area contributed by atoms with Gasteiger partial charge in [0.25, 0.3) is 0 Å². The number of esters is 2. The molecule has 12 heteroatoms. The van der Waals surface area contributed by atoms with E-state index in [-0.39, 0.29) is 52.0 Å². The predicted octanol–water partition coefficient (Wildman–Crippen LogP) is 13.7. The van der Waals surface area contributed by atoms with Crippen LogP contribution in [0.3, 0.4) is 0 Å². The average molecular weight is 948 g/mol. The van der Waals surface area contributed by atoms with Crippen molar-refractivity contribution in [1.82, 2.24) is 4.90 Å². The molecule has 0 aromatic carbocycles. The quantitative estimate of drug-likeness (QED) is 0.0198. The molecule has 0 aromatic heterocycles. The lowest BCUT2D eigenvalue weighted by atomic mass is 10.1. The van der Waals surface area contributed by atoms with Crippen molar-refractivity contribution >= 4 is 18.1 Å². The highest BCUT2D eigenvalue weighted by molar-refractivity contribution is 5.69. The first kappa shape index (κ1) is 72.5. The summed E-state index contributed by atoms with van der Waals surface area (Å²) in [6.07, 6.45) is 31.5. The Labute approximate surface area is 407 Å². The van der Waals surface area contributed by atoms with E-state index in [1.54, 1.807) is 7.11 Å². The van der Waals surface area contributed by atoms with Gasteiger partial charge in [-0.2, -0.15) is 0 Å². The molecule has 66 heavy (non-hydrogen) atoms. The summed E-state index contributed by atoms with van der Waals surface area (Å²) in [6.45, 7) is 22.8. The number of aliphatic hydroxyl groups is 2. The van der Waals surface area contributed by atoms with Crippen molar-refractivity contribution in [2.24, 2.45) is 5.92 Å². The number of carbonyl (C=O) groups excluding carboxylic acids is 3. The van der Waals surface area contributed by atoms with Gasteiger partial charge < -0.3 is 38.6 Å². The van der Waals surface area contributed by atoms with Crippen molar-refractivity contribution in [2.75, 3.05) is 73.0 Å². The van der Waals surface area contributed by atoms with Crippen molar-refractivity contribution in [3.8, 4) is 0 Å². The van der Waals surface area contributed by atoms with Gasteiger partial charge in [0.1, 0.15) is 19.8 Å². The van der Waals surface area contributed by atoms with Crippen LogP contribution in [0.25, 0.3) is 0 Å². The molecule has 2 N–H and O–H groups in total. The third kappa shape index (κ3) is 65.8. The van der Waals surface area contributed by atoms with Gasteiger partial charge in [0, 0.05) is 46.2 Å². The van der Waals surface area contributed by atoms with E-state index in [9.17, 15) is 14.4 Å². The highest BCUT2D eigenvalue weighted by Gasteiger charge is 2.19. The molecule has 2 unspecified atom stereocenters. The number of hydrogen-bond acceptors (Lipinski definition) is 12. The summed E-state index contributed by atoms with van der Waals surface area (Å²) in [7, 11) is 1.55. The van der Waals surface area contributed by atoms with Crippen molar-refractivity contribution in [1.29, 1.82) is 0 Å². The largest absolute Gasteiger partial charge is 0.508 e. The number of allylic oxidation sites excluding steroid dienone is 4. The van der Waals surface area contributed by atoms with E-state index in [1.165, 1.54) is 70.6 Å². The fraction of sp³-hybridized carbons (Fsp3) is 0.870.